The van der Waals surface area contributed by atoms with Crippen LogP contribution in [-0.2, 0) is 29.1 Å². The molecule has 5 rings (SSSR count). The molecule has 1 aliphatic rings. The van der Waals surface area contributed by atoms with E-state index < -0.39 is 57.7 Å². The number of aryl methyl sites for hydroxylation is 1. The zero-order valence-electron chi connectivity index (χ0n) is 26.7. The summed E-state index contributed by atoms with van der Waals surface area (Å²) >= 11 is 0. The topological polar surface area (TPSA) is 219 Å². The van der Waals surface area contributed by atoms with Crippen molar-refractivity contribution in [3.63, 3.8) is 0 Å². The van der Waals surface area contributed by atoms with Crippen molar-refractivity contribution >= 4 is 45.1 Å². The third-order valence-corrected chi connectivity index (χ3v) is 9.02. The monoisotopic (exact) mass is 692 g/mol. The highest BCUT2D eigenvalue weighted by Crippen LogP contribution is 2.39. The predicted molar refractivity (Wildman–Crippen MR) is 174 cm³/mol. The van der Waals surface area contributed by atoms with Crippen LogP contribution in [-0.4, -0.2) is 74.1 Å². The number of carbonyl (C=O) groups excluding carboxylic acids is 4. The number of sulfonamides is 1. The van der Waals surface area contributed by atoms with Gasteiger partial charge in [-0.2, -0.15) is 0 Å². The van der Waals surface area contributed by atoms with Crippen LogP contribution in [0.4, 0.5) is 11.4 Å². The summed E-state index contributed by atoms with van der Waals surface area (Å²) in [7, 11) is -2.65. The minimum atomic E-state index is -4.07. The van der Waals surface area contributed by atoms with Crippen molar-refractivity contribution in [3.05, 3.63) is 88.4 Å². The molecule has 2 atom stereocenters. The highest BCUT2D eigenvalue weighted by atomic mass is 32.2. The molecule has 3 amide bonds. The molecule has 0 fully saturated rings. The summed E-state index contributed by atoms with van der Waals surface area (Å²) in [4.78, 5) is 67.7. The van der Waals surface area contributed by atoms with E-state index in [1.54, 1.807) is 38.1 Å². The summed E-state index contributed by atoms with van der Waals surface area (Å²) in [6.45, 7) is 3.91. The number of hydrogen-bond acceptors (Lipinski definition) is 11. The van der Waals surface area contributed by atoms with E-state index in [9.17, 15) is 32.4 Å². The highest BCUT2D eigenvalue weighted by molar-refractivity contribution is 7.89. The molecule has 0 bridgehead atoms. The summed E-state index contributed by atoms with van der Waals surface area (Å²) in [6.07, 6.45) is 0. The molecule has 4 aromatic rings. The van der Waals surface area contributed by atoms with Gasteiger partial charge in [-0.05, 0) is 57.2 Å². The number of anilines is 2. The van der Waals surface area contributed by atoms with E-state index in [1.165, 1.54) is 61.3 Å². The Labute approximate surface area is 279 Å². The van der Waals surface area contributed by atoms with Crippen molar-refractivity contribution < 1.29 is 41.6 Å². The smallest absolute Gasteiger partial charge is 0.439 e. The van der Waals surface area contributed by atoms with Gasteiger partial charge in [0.1, 0.15) is 11.8 Å². The summed E-state index contributed by atoms with van der Waals surface area (Å²) in [6, 6.07) is 15.2. The number of likely N-dealkylation sites (N-methyl/N-ethyl adjacent to an activating group) is 1. The number of aromatic amines is 1. The van der Waals surface area contributed by atoms with Gasteiger partial charge >= 0.3 is 11.7 Å². The van der Waals surface area contributed by atoms with Crippen LogP contribution in [0.25, 0.3) is 11.4 Å². The third kappa shape index (κ3) is 7.37. The van der Waals surface area contributed by atoms with Crippen molar-refractivity contribution in [1.29, 1.82) is 0 Å². The molecule has 0 radical (unpaired) electrons. The maximum Gasteiger partial charge on any atom is 0.439 e. The van der Waals surface area contributed by atoms with Crippen LogP contribution >= 0.6 is 0 Å². The molecule has 16 nitrogen and oxygen atoms in total. The highest BCUT2D eigenvalue weighted by Gasteiger charge is 2.50. The molecule has 4 N–H and O–H groups in total. The Hall–Kier alpha value is -5.81. The lowest BCUT2D eigenvalue weighted by Gasteiger charge is -2.38. The van der Waals surface area contributed by atoms with Gasteiger partial charge in [0.2, 0.25) is 10.0 Å². The first-order valence-electron chi connectivity index (χ1n) is 14.8. The molecule has 2 heterocycles. The van der Waals surface area contributed by atoms with Gasteiger partial charge in [0.05, 0.1) is 17.2 Å². The molecule has 1 aliphatic heterocycles. The molecular weight excluding hydrogens is 660 g/mol. The third-order valence-electron chi connectivity index (χ3n) is 7.59. The number of H-pyrrole nitrogens is 1. The first-order valence-corrected chi connectivity index (χ1v) is 16.3. The molecule has 3 aromatic carbocycles. The molecule has 0 saturated carbocycles. The predicted octanol–water partition coefficient (Wildman–Crippen LogP) is 1.73. The number of fused-ring (bicyclic) bond motifs is 1. The normalized spacial score (nSPS) is 16.2. The molecule has 0 aliphatic carbocycles. The van der Waals surface area contributed by atoms with Gasteiger partial charge in [0.25, 0.3) is 23.3 Å². The Morgan fingerprint density at radius 2 is 1.73 bits per heavy atom. The lowest BCUT2D eigenvalue weighted by Crippen LogP contribution is -2.64. The summed E-state index contributed by atoms with van der Waals surface area (Å²) < 4.78 is 43.5. The van der Waals surface area contributed by atoms with Gasteiger partial charge < -0.3 is 25.0 Å². The maximum absolute atomic E-state index is 13.6. The Kier molecular flexibility index (Phi) is 9.68. The van der Waals surface area contributed by atoms with E-state index >= 15 is 0 Å². The molecule has 0 saturated heterocycles. The van der Waals surface area contributed by atoms with Gasteiger partial charge in [0.15, 0.2) is 5.82 Å². The average Bonchev–Trinajstić information content (AvgIpc) is 3.51. The van der Waals surface area contributed by atoms with E-state index in [-0.39, 0.29) is 34.3 Å². The van der Waals surface area contributed by atoms with Crippen LogP contribution < -0.4 is 30.7 Å². The van der Waals surface area contributed by atoms with Crippen molar-refractivity contribution in [1.82, 2.24) is 20.2 Å². The molecule has 1 unspecified atom stereocenters. The number of rotatable bonds is 11. The zero-order chi connectivity index (χ0) is 35.5. The average molecular weight is 693 g/mol. The van der Waals surface area contributed by atoms with Crippen molar-refractivity contribution in [2.24, 2.45) is 0 Å². The van der Waals surface area contributed by atoms with E-state index in [1.807, 2.05) is 0 Å². The minimum Gasteiger partial charge on any atom is -0.465 e. The Bertz CT molecular complexity index is 2080. The fourth-order valence-corrected chi connectivity index (χ4v) is 5.90. The Balaban J connectivity index is 1.31. The second-order valence-corrected chi connectivity index (χ2v) is 12.9. The number of benzene rings is 3. The van der Waals surface area contributed by atoms with Crippen LogP contribution in [0.5, 0.6) is 5.75 Å². The fraction of sp³-hybridized carbons (Fsp3) is 0.250. The fourth-order valence-electron chi connectivity index (χ4n) is 4.85. The lowest BCUT2D eigenvalue weighted by molar-refractivity contribution is -0.153. The van der Waals surface area contributed by atoms with Crippen LogP contribution in [0.15, 0.2) is 80.9 Å². The molecule has 256 valence electrons. The van der Waals surface area contributed by atoms with Crippen molar-refractivity contribution in [3.8, 4) is 17.1 Å². The summed E-state index contributed by atoms with van der Waals surface area (Å²) in [5, 5.41) is 8.73. The first kappa shape index (κ1) is 34.5. The van der Waals surface area contributed by atoms with Crippen molar-refractivity contribution in [2.45, 2.75) is 37.3 Å². The quantitative estimate of drug-likeness (QED) is 0.131. The minimum absolute atomic E-state index is 0.0490. The largest absolute Gasteiger partial charge is 0.465 e. The van der Waals surface area contributed by atoms with Gasteiger partial charge in [-0.25, -0.2) is 22.7 Å². The molecule has 17 heteroatoms. The van der Waals surface area contributed by atoms with Crippen LogP contribution in [0.2, 0.25) is 0 Å². The van der Waals surface area contributed by atoms with Crippen LogP contribution in [0.1, 0.15) is 29.8 Å². The second-order valence-electron chi connectivity index (χ2n) is 11.1. The van der Waals surface area contributed by atoms with E-state index in [2.05, 4.69) is 30.0 Å². The Morgan fingerprint density at radius 3 is 2.37 bits per heavy atom. The van der Waals surface area contributed by atoms with Crippen LogP contribution in [0.3, 0.4) is 0 Å². The molecule has 1 aromatic heterocycles. The van der Waals surface area contributed by atoms with E-state index in [0.717, 1.165) is 5.56 Å². The first-order chi connectivity index (χ1) is 23.2. The van der Waals surface area contributed by atoms with Crippen molar-refractivity contribution in [2.75, 3.05) is 30.4 Å². The van der Waals surface area contributed by atoms with Crippen LogP contribution in [0, 0.1) is 6.92 Å². The number of amides is 3. The van der Waals surface area contributed by atoms with Gasteiger partial charge in [0, 0.05) is 36.5 Å². The van der Waals surface area contributed by atoms with Gasteiger partial charge in [-0.3, -0.25) is 23.9 Å². The maximum atomic E-state index is 13.6. The number of aromatic nitrogens is 2. The number of nitrogens with zero attached hydrogens (tertiary/aromatic N) is 2. The molecular formula is C32H32N6O10S. The van der Waals surface area contributed by atoms with E-state index in [0.29, 0.717) is 11.3 Å². The van der Waals surface area contributed by atoms with E-state index in [4.69, 9.17) is 9.47 Å². The number of nitrogens with one attached hydrogen (secondary N) is 4. The lowest BCUT2D eigenvalue weighted by atomic mass is 9.99. The van der Waals surface area contributed by atoms with Gasteiger partial charge in [-0.1, -0.05) is 35.0 Å². The molecule has 49 heavy (non-hydrogen) atoms. The van der Waals surface area contributed by atoms with Gasteiger partial charge in [-0.15, -0.1) is 0 Å². The molecule has 0 spiro atoms. The number of hydrogen-bond donors (Lipinski definition) is 4. The second kappa shape index (κ2) is 13.7. The number of esters is 1. The SMILES string of the molecule is CCOC(=O)[C@H](CNS(=O)(=O)c1ccc(C)cc1)NC(=O)C1(C)Oc2cc(NC(=O)c3ccc(-c4noc(=O)[nH]4)cc3)ccc2N(C)C1=O. The number of carbonyl (C=O) groups is 4. The standard InChI is InChI=1S/C32H32N6O10S/c1-5-46-28(40)23(17-33-49(44,45)22-13-6-18(2)7-14-22)35-29(41)32(3)30(42)38(4)24-15-12-21(16-25(24)47-32)34-27(39)20-10-8-19(9-11-20)26-36-31(43)48-37-26/h6-16,23,33H,5,17H2,1-4H3,(H,34,39)(H,35,41)(H,36,37,43)/t23-,32?/m0/s1. The summed E-state index contributed by atoms with van der Waals surface area (Å²) in [5.74, 6) is -3.69. The number of ether oxygens (including phenoxy) is 2. The summed E-state index contributed by atoms with van der Waals surface area (Å²) in [5.41, 5.74) is -0.00218. The zero-order valence-corrected chi connectivity index (χ0v) is 27.5. The Morgan fingerprint density at radius 1 is 1.04 bits per heavy atom.